The summed E-state index contributed by atoms with van der Waals surface area (Å²) in [4.78, 5) is 12.1. The molecule has 116 valence electrons. The van der Waals surface area contributed by atoms with Gasteiger partial charge in [-0.2, -0.15) is 0 Å². The highest BCUT2D eigenvalue weighted by molar-refractivity contribution is 5.81. The van der Waals surface area contributed by atoms with E-state index < -0.39 is 0 Å². The van der Waals surface area contributed by atoms with Crippen LogP contribution in [0.3, 0.4) is 0 Å². The van der Waals surface area contributed by atoms with E-state index in [1.807, 2.05) is 13.0 Å². The number of benzene rings is 1. The van der Waals surface area contributed by atoms with Gasteiger partial charge in [-0.3, -0.25) is 4.79 Å². The molecule has 0 heterocycles. The monoisotopic (exact) mass is 288 g/mol. The van der Waals surface area contributed by atoms with Crippen LogP contribution in [-0.2, 0) is 11.2 Å². The number of amides is 1. The number of hydrogen-bond donors (Lipinski definition) is 2. The summed E-state index contributed by atoms with van der Waals surface area (Å²) in [5, 5.41) is 6.51. The number of carbonyl (C=O) groups excluding carboxylic acids is 1. The van der Waals surface area contributed by atoms with Crippen LogP contribution in [0.25, 0.3) is 0 Å². The van der Waals surface area contributed by atoms with Gasteiger partial charge in [-0.1, -0.05) is 49.6 Å². The Bertz CT molecular complexity index is 412. The summed E-state index contributed by atoms with van der Waals surface area (Å²) in [7, 11) is 0. The van der Waals surface area contributed by atoms with Crippen molar-refractivity contribution in [3.63, 3.8) is 0 Å². The van der Waals surface area contributed by atoms with E-state index in [2.05, 4.69) is 34.9 Å². The number of aryl methyl sites for hydroxylation is 1. The number of rotatable bonds is 7. The van der Waals surface area contributed by atoms with Gasteiger partial charge in [0.1, 0.15) is 0 Å². The van der Waals surface area contributed by atoms with Crippen molar-refractivity contribution < 1.29 is 4.79 Å². The van der Waals surface area contributed by atoms with Crippen molar-refractivity contribution >= 4 is 5.91 Å². The van der Waals surface area contributed by atoms with Crippen molar-refractivity contribution in [3.8, 4) is 0 Å². The lowest BCUT2D eigenvalue weighted by molar-refractivity contribution is -0.123. The third-order valence-electron chi connectivity index (χ3n) is 4.27. The van der Waals surface area contributed by atoms with E-state index in [0.29, 0.717) is 6.04 Å². The first kappa shape index (κ1) is 16.0. The zero-order valence-corrected chi connectivity index (χ0v) is 13.1. The Morgan fingerprint density at radius 3 is 2.62 bits per heavy atom. The Balaban J connectivity index is 1.60. The predicted molar refractivity (Wildman–Crippen MR) is 87.2 cm³/mol. The second-order valence-electron chi connectivity index (χ2n) is 6.10. The maximum absolute atomic E-state index is 12.1. The summed E-state index contributed by atoms with van der Waals surface area (Å²) in [6.45, 7) is 2.73. The molecule has 1 atom stereocenters. The fourth-order valence-corrected chi connectivity index (χ4v) is 3.00. The molecular formula is C18H28N2O. The largest absolute Gasteiger partial charge is 0.355 e. The molecule has 1 aromatic carbocycles. The summed E-state index contributed by atoms with van der Waals surface area (Å²) in [5.41, 5.74) is 1.33. The van der Waals surface area contributed by atoms with Gasteiger partial charge in [-0.25, -0.2) is 0 Å². The lowest BCUT2D eigenvalue weighted by atomic mass is 9.95. The van der Waals surface area contributed by atoms with Gasteiger partial charge in [-0.05, 0) is 38.2 Å². The van der Waals surface area contributed by atoms with E-state index in [1.54, 1.807) is 0 Å². The molecule has 3 nitrogen and oxygen atoms in total. The Hall–Kier alpha value is -1.35. The molecule has 0 saturated heterocycles. The van der Waals surface area contributed by atoms with Crippen molar-refractivity contribution in [1.82, 2.24) is 10.6 Å². The van der Waals surface area contributed by atoms with Gasteiger partial charge in [0.25, 0.3) is 0 Å². The molecule has 2 N–H and O–H groups in total. The highest BCUT2D eigenvalue weighted by Crippen LogP contribution is 2.17. The second kappa shape index (κ2) is 8.83. The van der Waals surface area contributed by atoms with Crippen LogP contribution in [0.1, 0.15) is 51.0 Å². The fourth-order valence-electron chi connectivity index (χ4n) is 3.00. The molecule has 1 amide bonds. The average molecular weight is 288 g/mol. The molecule has 3 heteroatoms. The highest BCUT2D eigenvalue weighted by atomic mass is 16.2. The lowest BCUT2D eigenvalue weighted by Gasteiger charge is -2.26. The number of hydrogen-bond acceptors (Lipinski definition) is 2. The molecule has 1 aliphatic carbocycles. The van der Waals surface area contributed by atoms with Gasteiger partial charge in [0, 0.05) is 12.6 Å². The van der Waals surface area contributed by atoms with Crippen LogP contribution < -0.4 is 10.6 Å². The lowest BCUT2D eigenvalue weighted by Crippen LogP contribution is -2.47. The smallest absolute Gasteiger partial charge is 0.236 e. The molecular weight excluding hydrogens is 260 g/mol. The number of carbonyl (C=O) groups is 1. The molecule has 1 unspecified atom stereocenters. The van der Waals surface area contributed by atoms with Crippen LogP contribution in [0.5, 0.6) is 0 Å². The molecule has 1 aliphatic rings. The minimum Gasteiger partial charge on any atom is -0.355 e. The standard InChI is InChI=1S/C18H28N2O/c1-15(20-17-12-6-3-7-13-17)18(21)19-14-8-11-16-9-4-2-5-10-16/h2,4-5,9-10,15,17,20H,3,6-8,11-14H2,1H3,(H,19,21). The average Bonchev–Trinajstić information content (AvgIpc) is 2.53. The molecule has 1 saturated carbocycles. The maximum Gasteiger partial charge on any atom is 0.236 e. The topological polar surface area (TPSA) is 41.1 Å². The second-order valence-corrected chi connectivity index (χ2v) is 6.10. The third kappa shape index (κ3) is 5.88. The first-order valence-electron chi connectivity index (χ1n) is 8.33. The fraction of sp³-hybridized carbons (Fsp3) is 0.611. The van der Waals surface area contributed by atoms with Crippen LogP contribution in [0.15, 0.2) is 30.3 Å². The van der Waals surface area contributed by atoms with Crippen molar-refractivity contribution in [2.75, 3.05) is 6.54 Å². The van der Waals surface area contributed by atoms with Gasteiger partial charge >= 0.3 is 0 Å². The summed E-state index contributed by atoms with van der Waals surface area (Å²) in [6, 6.07) is 10.9. The molecule has 2 rings (SSSR count). The zero-order chi connectivity index (χ0) is 14.9. The van der Waals surface area contributed by atoms with Crippen molar-refractivity contribution in [2.45, 2.75) is 64.0 Å². The zero-order valence-electron chi connectivity index (χ0n) is 13.1. The van der Waals surface area contributed by atoms with Crippen LogP contribution in [-0.4, -0.2) is 24.5 Å². The molecule has 0 radical (unpaired) electrons. The Morgan fingerprint density at radius 2 is 1.90 bits per heavy atom. The van der Waals surface area contributed by atoms with Crippen LogP contribution in [0.2, 0.25) is 0 Å². The van der Waals surface area contributed by atoms with Crippen molar-refractivity contribution in [3.05, 3.63) is 35.9 Å². The van der Waals surface area contributed by atoms with Gasteiger partial charge in [0.15, 0.2) is 0 Å². The Kier molecular flexibility index (Phi) is 6.74. The molecule has 0 aromatic heterocycles. The minimum atomic E-state index is -0.0789. The molecule has 1 aromatic rings. The minimum absolute atomic E-state index is 0.0789. The quantitative estimate of drug-likeness (QED) is 0.757. The van der Waals surface area contributed by atoms with Crippen molar-refractivity contribution in [1.29, 1.82) is 0 Å². The van der Waals surface area contributed by atoms with Gasteiger partial charge < -0.3 is 10.6 Å². The van der Waals surface area contributed by atoms with E-state index in [1.165, 1.54) is 37.7 Å². The predicted octanol–water partition coefficient (Wildman–Crippen LogP) is 3.05. The molecule has 21 heavy (non-hydrogen) atoms. The van der Waals surface area contributed by atoms with Gasteiger partial charge in [0.05, 0.1) is 6.04 Å². The number of nitrogens with one attached hydrogen (secondary N) is 2. The van der Waals surface area contributed by atoms with E-state index >= 15 is 0 Å². The Morgan fingerprint density at radius 1 is 1.19 bits per heavy atom. The first-order valence-corrected chi connectivity index (χ1v) is 8.33. The van der Waals surface area contributed by atoms with Crippen LogP contribution in [0, 0.1) is 0 Å². The first-order chi connectivity index (χ1) is 10.3. The van der Waals surface area contributed by atoms with Crippen molar-refractivity contribution in [2.24, 2.45) is 0 Å². The van der Waals surface area contributed by atoms with Gasteiger partial charge in [0.2, 0.25) is 5.91 Å². The normalized spacial score (nSPS) is 17.4. The SMILES string of the molecule is CC(NC1CCCCC1)C(=O)NCCCc1ccccc1. The summed E-state index contributed by atoms with van der Waals surface area (Å²) >= 11 is 0. The molecule has 1 fully saturated rings. The van der Waals surface area contributed by atoms with Gasteiger partial charge in [-0.15, -0.1) is 0 Å². The highest BCUT2D eigenvalue weighted by Gasteiger charge is 2.19. The van der Waals surface area contributed by atoms with E-state index in [4.69, 9.17) is 0 Å². The molecule has 0 aliphatic heterocycles. The summed E-state index contributed by atoms with van der Waals surface area (Å²) < 4.78 is 0. The van der Waals surface area contributed by atoms with E-state index in [9.17, 15) is 4.79 Å². The summed E-state index contributed by atoms with van der Waals surface area (Å²) in [5.74, 6) is 0.133. The Labute approximate surface area is 128 Å². The van der Waals surface area contributed by atoms with Crippen LogP contribution >= 0.6 is 0 Å². The maximum atomic E-state index is 12.1. The van der Waals surface area contributed by atoms with Crippen LogP contribution in [0.4, 0.5) is 0 Å². The summed E-state index contributed by atoms with van der Waals surface area (Å²) in [6.07, 6.45) is 8.37. The van der Waals surface area contributed by atoms with E-state index in [-0.39, 0.29) is 11.9 Å². The molecule has 0 bridgehead atoms. The third-order valence-corrected chi connectivity index (χ3v) is 4.27. The molecule has 0 spiro atoms. The van der Waals surface area contributed by atoms with E-state index in [0.717, 1.165) is 19.4 Å².